The summed E-state index contributed by atoms with van der Waals surface area (Å²) in [5, 5.41) is 34.4. The lowest BCUT2D eigenvalue weighted by atomic mass is 9.93. The summed E-state index contributed by atoms with van der Waals surface area (Å²) in [6, 6.07) is 0. The van der Waals surface area contributed by atoms with E-state index in [4.69, 9.17) is 20.4 Å². The van der Waals surface area contributed by atoms with Crippen LogP contribution in [0.25, 0.3) is 0 Å². The van der Waals surface area contributed by atoms with Gasteiger partial charge >= 0.3 is 0 Å². The van der Waals surface area contributed by atoms with E-state index in [2.05, 4.69) is 0 Å². The van der Waals surface area contributed by atoms with Gasteiger partial charge in [-0.25, -0.2) is 0 Å². The van der Waals surface area contributed by atoms with Crippen LogP contribution in [0.5, 0.6) is 0 Å². The molecule has 0 unspecified atom stereocenters. The van der Waals surface area contributed by atoms with Gasteiger partial charge in [0.05, 0.1) is 18.3 Å². The Balaban J connectivity index is 0.000000354. The standard InChI is InChI=1S/C6H12O3.C2H6O/c7-4-1-5(8)3-6(9)2-4;1-2-3/h4-9H,1-3H2;3H,2H2,1H3. The van der Waals surface area contributed by atoms with Crippen molar-refractivity contribution in [3.8, 4) is 0 Å². The Bertz CT molecular complexity index is 82.2. The average molecular weight is 178 g/mol. The summed E-state index contributed by atoms with van der Waals surface area (Å²) in [4.78, 5) is 0. The van der Waals surface area contributed by atoms with Crippen molar-refractivity contribution in [1.29, 1.82) is 0 Å². The van der Waals surface area contributed by atoms with Crippen molar-refractivity contribution >= 4 is 0 Å². The van der Waals surface area contributed by atoms with E-state index in [-0.39, 0.29) is 6.61 Å². The maximum atomic E-state index is 8.93. The Morgan fingerprint density at radius 1 is 0.917 bits per heavy atom. The van der Waals surface area contributed by atoms with Crippen molar-refractivity contribution in [2.75, 3.05) is 6.61 Å². The molecule has 4 heteroatoms. The minimum atomic E-state index is -0.510. The van der Waals surface area contributed by atoms with Crippen LogP contribution < -0.4 is 0 Å². The van der Waals surface area contributed by atoms with Gasteiger partial charge in [0.15, 0.2) is 0 Å². The maximum Gasteiger partial charge on any atom is 0.0589 e. The van der Waals surface area contributed by atoms with Gasteiger partial charge in [-0.3, -0.25) is 0 Å². The third-order valence-electron chi connectivity index (χ3n) is 1.63. The highest BCUT2D eigenvalue weighted by molar-refractivity contribution is 4.76. The van der Waals surface area contributed by atoms with Gasteiger partial charge < -0.3 is 20.4 Å². The van der Waals surface area contributed by atoms with Gasteiger partial charge in [0, 0.05) is 6.61 Å². The summed E-state index contributed by atoms with van der Waals surface area (Å²) in [6.45, 7) is 1.93. The second-order valence-corrected chi connectivity index (χ2v) is 2.98. The Morgan fingerprint density at radius 2 is 1.08 bits per heavy atom. The first-order valence-corrected chi connectivity index (χ1v) is 4.25. The molecule has 0 aromatic carbocycles. The van der Waals surface area contributed by atoms with E-state index < -0.39 is 18.3 Å². The molecule has 0 spiro atoms. The smallest absolute Gasteiger partial charge is 0.0589 e. The first-order valence-electron chi connectivity index (χ1n) is 4.25. The van der Waals surface area contributed by atoms with Gasteiger partial charge in [-0.1, -0.05) is 0 Å². The minimum absolute atomic E-state index is 0.250. The zero-order chi connectivity index (χ0) is 9.56. The third-order valence-corrected chi connectivity index (χ3v) is 1.63. The molecule has 0 aliphatic heterocycles. The minimum Gasteiger partial charge on any atom is -0.397 e. The van der Waals surface area contributed by atoms with Crippen LogP contribution in [0.4, 0.5) is 0 Å². The molecule has 0 bridgehead atoms. The van der Waals surface area contributed by atoms with Crippen LogP contribution in [0, 0.1) is 0 Å². The van der Waals surface area contributed by atoms with Crippen molar-refractivity contribution in [2.24, 2.45) is 0 Å². The Morgan fingerprint density at radius 3 is 1.25 bits per heavy atom. The van der Waals surface area contributed by atoms with Crippen molar-refractivity contribution < 1.29 is 20.4 Å². The summed E-state index contributed by atoms with van der Waals surface area (Å²) in [5.41, 5.74) is 0. The van der Waals surface area contributed by atoms with E-state index in [0.717, 1.165) is 0 Å². The highest BCUT2D eigenvalue weighted by Crippen LogP contribution is 2.18. The number of aliphatic hydroxyl groups excluding tert-OH is 4. The molecule has 4 nitrogen and oxygen atoms in total. The lowest BCUT2D eigenvalue weighted by molar-refractivity contribution is -0.0247. The predicted molar refractivity (Wildman–Crippen MR) is 44.6 cm³/mol. The molecule has 1 rings (SSSR count). The highest BCUT2D eigenvalue weighted by Gasteiger charge is 2.24. The molecule has 0 heterocycles. The van der Waals surface area contributed by atoms with Gasteiger partial charge in [0.2, 0.25) is 0 Å². The third kappa shape index (κ3) is 5.49. The molecule has 12 heavy (non-hydrogen) atoms. The van der Waals surface area contributed by atoms with Gasteiger partial charge in [0.1, 0.15) is 0 Å². The maximum absolute atomic E-state index is 8.93. The molecule has 0 amide bonds. The van der Waals surface area contributed by atoms with Crippen LogP contribution in [-0.2, 0) is 0 Å². The first-order chi connectivity index (χ1) is 5.60. The van der Waals surface area contributed by atoms with E-state index in [0.29, 0.717) is 19.3 Å². The van der Waals surface area contributed by atoms with Crippen LogP contribution in [-0.4, -0.2) is 45.3 Å². The van der Waals surface area contributed by atoms with E-state index in [1.54, 1.807) is 6.92 Å². The quantitative estimate of drug-likeness (QED) is 0.393. The molecule has 0 aromatic rings. The molecule has 0 aromatic heterocycles. The summed E-state index contributed by atoms with van der Waals surface area (Å²) >= 11 is 0. The van der Waals surface area contributed by atoms with Gasteiger partial charge in [-0.05, 0) is 26.2 Å². The average Bonchev–Trinajstić information content (AvgIpc) is 1.84. The summed E-state index contributed by atoms with van der Waals surface area (Å²) < 4.78 is 0. The van der Waals surface area contributed by atoms with Crippen molar-refractivity contribution in [3.05, 3.63) is 0 Å². The number of hydrogen-bond acceptors (Lipinski definition) is 4. The molecule has 1 aliphatic carbocycles. The first kappa shape index (κ1) is 11.8. The number of rotatable bonds is 0. The lowest BCUT2D eigenvalue weighted by Crippen LogP contribution is -2.32. The summed E-state index contributed by atoms with van der Waals surface area (Å²) in [7, 11) is 0. The van der Waals surface area contributed by atoms with Gasteiger partial charge in [-0.2, -0.15) is 0 Å². The van der Waals surface area contributed by atoms with Crippen LogP contribution in [0.3, 0.4) is 0 Å². The number of aliphatic hydroxyl groups is 4. The van der Waals surface area contributed by atoms with Crippen LogP contribution in [0.1, 0.15) is 26.2 Å². The largest absolute Gasteiger partial charge is 0.397 e. The van der Waals surface area contributed by atoms with Crippen LogP contribution in [0.2, 0.25) is 0 Å². The normalized spacial score (nSPS) is 35.2. The Kier molecular flexibility index (Phi) is 6.28. The summed E-state index contributed by atoms with van der Waals surface area (Å²) in [5.74, 6) is 0. The van der Waals surface area contributed by atoms with E-state index >= 15 is 0 Å². The molecule has 0 atom stereocenters. The van der Waals surface area contributed by atoms with Crippen LogP contribution in [0.15, 0.2) is 0 Å². The molecule has 4 N–H and O–H groups in total. The Hall–Kier alpha value is -0.160. The fraction of sp³-hybridized carbons (Fsp3) is 1.00. The predicted octanol–water partition coefficient (Wildman–Crippen LogP) is -0.748. The van der Waals surface area contributed by atoms with Crippen molar-refractivity contribution in [3.63, 3.8) is 0 Å². The van der Waals surface area contributed by atoms with Gasteiger partial charge in [-0.15, -0.1) is 0 Å². The van der Waals surface area contributed by atoms with Crippen molar-refractivity contribution in [1.82, 2.24) is 0 Å². The fourth-order valence-corrected chi connectivity index (χ4v) is 1.23. The van der Waals surface area contributed by atoms with Crippen molar-refractivity contribution in [2.45, 2.75) is 44.5 Å². The number of hydrogen-bond donors (Lipinski definition) is 4. The summed E-state index contributed by atoms with van der Waals surface area (Å²) in [6.07, 6.45) is -0.290. The monoisotopic (exact) mass is 178 g/mol. The molecular formula is C8H18O4. The molecular weight excluding hydrogens is 160 g/mol. The topological polar surface area (TPSA) is 80.9 Å². The molecule has 0 radical (unpaired) electrons. The SMILES string of the molecule is CCO.OC1CC(O)CC(O)C1. The molecule has 1 aliphatic rings. The molecule has 0 saturated heterocycles. The second kappa shape index (κ2) is 6.37. The van der Waals surface area contributed by atoms with E-state index in [1.165, 1.54) is 0 Å². The Labute approximate surface area is 72.5 Å². The second-order valence-electron chi connectivity index (χ2n) is 2.98. The molecule has 74 valence electrons. The van der Waals surface area contributed by atoms with E-state index in [1.807, 2.05) is 0 Å². The van der Waals surface area contributed by atoms with E-state index in [9.17, 15) is 0 Å². The van der Waals surface area contributed by atoms with Gasteiger partial charge in [0.25, 0.3) is 0 Å². The zero-order valence-corrected chi connectivity index (χ0v) is 7.35. The van der Waals surface area contributed by atoms with Crippen LogP contribution >= 0.6 is 0 Å². The zero-order valence-electron chi connectivity index (χ0n) is 7.35. The lowest BCUT2D eigenvalue weighted by Gasteiger charge is -2.25. The molecule has 1 fully saturated rings. The highest BCUT2D eigenvalue weighted by atomic mass is 16.3. The molecule has 1 saturated carbocycles. The fourth-order valence-electron chi connectivity index (χ4n) is 1.23.